The molecule has 1 amide bonds. The molecule has 0 fully saturated rings. The molecule has 0 unspecified atom stereocenters. The minimum atomic E-state index is -0.532. The Morgan fingerprint density at radius 3 is 2.71 bits per heavy atom. The molecule has 0 aliphatic heterocycles. The summed E-state index contributed by atoms with van der Waals surface area (Å²) in [4.78, 5) is 11.8. The van der Waals surface area contributed by atoms with E-state index in [0.717, 1.165) is 0 Å². The summed E-state index contributed by atoms with van der Waals surface area (Å²) in [6.45, 7) is 4.02. The second kappa shape index (κ2) is 6.30. The van der Waals surface area contributed by atoms with Gasteiger partial charge in [0.15, 0.2) is 0 Å². The molecule has 0 radical (unpaired) electrons. The number of hydrogen-bond acceptors (Lipinski definition) is 2. The van der Waals surface area contributed by atoms with E-state index in [-0.39, 0.29) is 11.7 Å². The molecule has 1 aromatic rings. The van der Waals surface area contributed by atoms with Crippen LogP contribution in [0.3, 0.4) is 0 Å². The maximum Gasteiger partial charge on any atom is 0.241 e. The monoisotopic (exact) mass is 350 g/mol. The lowest BCUT2D eigenvalue weighted by atomic mass is 10.0. The Balaban J connectivity index is 2.67. The second-order valence-electron chi connectivity index (χ2n) is 4.35. The highest BCUT2D eigenvalue weighted by Crippen LogP contribution is 2.19. The van der Waals surface area contributed by atoms with Crippen LogP contribution in [0.1, 0.15) is 20.3 Å². The zero-order chi connectivity index (χ0) is 13.0. The molecular weight excluding hydrogens is 334 g/mol. The minimum Gasteiger partial charge on any atom is -0.324 e. The van der Waals surface area contributed by atoms with Gasteiger partial charge in [0.2, 0.25) is 5.91 Å². The van der Waals surface area contributed by atoms with Crippen LogP contribution in [0.4, 0.5) is 10.1 Å². The van der Waals surface area contributed by atoms with E-state index in [1.165, 1.54) is 18.2 Å². The first-order chi connectivity index (χ1) is 7.90. The first kappa shape index (κ1) is 14.4. The van der Waals surface area contributed by atoms with Crippen LogP contribution < -0.4 is 11.1 Å². The lowest BCUT2D eigenvalue weighted by Gasteiger charge is -2.14. The van der Waals surface area contributed by atoms with Crippen LogP contribution in [0.15, 0.2) is 18.2 Å². The summed E-state index contributed by atoms with van der Waals surface area (Å²) in [5.74, 6) is -0.190. The zero-order valence-corrected chi connectivity index (χ0v) is 12.0. The standard InChI is InChI=1S/C12H16FIN2O/c1-7(2)5-10(15)12(17)16-11-4-3-8(13)6-9(11)14/h3-4,6-7,10H,5,15H2,1-2H3,(H,16,17)/t10-/m0/s1. The van der Waals surface area contributed by atoms with Gasteiger partial charge < -0.3 is 11.1 Å². The fraction of sp³-hybridized carbons (Fsp3) is 0.417. The summed E-state index contributed by atoms with van der Waals surface area (Å²) in [5, 5.41) is 2.70. The predicted molar refractivity (Wildman–Crippen MR) is 75.2 cm³/mol. The number of amides is 1. The van der Waals surface area contributed by atoms with Crippen molar-refractivity contribution in [2.24, 2.45) is 11.7 Å². The number of carbonyl (C=O) groups is 1. The molecule has 0 aromatic heterocycles. The van der Waals surface area contributed by atoms with Crippen molar-refractivity contribution < 1.29 is 9.18 Å². The smallest absolute Gasteiger partial charge is 0.241 e. The Labute approximate surface area is 114 Å². The first-order valence-electron chi connectivity index (χ1n) is 5.41. The van der Waals surface area contributed by atoms with Crippen molar-refractivity contribution in [3.63, 3.8) is 0 Å². The third-order valence-corrected chi connectivity index (χ3v) is 3.14. The number of benzene rings is 1. The molecule has 1 rings (SSSR count). The number of rotatable bonds is 4. The van der Waals surface area contributed by atoms with Crippen LogP contribution in [-0.2, 0) is 4.79 Å². The van der Waals surface area contributed by atoms with Gasteiger partial charge in [0.25, 0.3) is 0 Å². The number of halogens is 2. The number of nitrogens with one attached hydrogen (secondary N) is 1. The van der Waals surface area contributed by atoms with Gasteiger partial charge in [-0.2, -0.15) is 0 Å². The first-order valence-corrected chi connectivity index (χ1v) is 6.49. The van der Waals surface area contributed by atoms with Crippen molar-refractivity contribution in [3.05, 3.63) is 27.6 Å². The van der Waals surface area contributed by atoms with Gasteiger partial charge in [0.05, 0.1) is 11.7 Å². The molecule has 94 valence electrons. The Kier molecular flexibility index (Phi) is 5.32. The van der Waals surface area contributed by atoms with Gasteiger partial charge in [-0.25, -0.2) is 4.39 Å². The Morgan fingerprint density at radius 2 is 2.18 bits per heavy atom. The Hall–Kier alpha value is -0.690. The molecule has 0 aliphatic rings. The van der Waals surface area contributed by atoms with Gasteiger partial charge in [0.1, 0.15) is 5.82 Å². The third-order valence-electron chi connectivity index (χ3n) is 2.25. The quantitative estimate of drug-likeness (QED) is 0.821. The summed E-state index contributed by atoms with van der Waals surface area (Å²) in [5.41, 5.74) is 6.35. The van der Waals surface area contributed by atoms with Crippen molar-refractivity contribution in [3.8, 4) is 0 Å². The van der Waals surface area contributed by atoms with E-state index in [1.54, 1.807) is 0 Å². The van der Waals surface area contributed by atoms with Gasteiger partial charge in [-0.15, -0.1) is 0 Å². The van der Waals surface area contributed by atoms with Crippen molar-refractivity contribution in [1.29, 1.82) is 0 Å². The van der Waals surface area contributed by atoms with Crippen molar-refractivity contribution >= 4 is 34.2 Å². The molecule has 17 heavy (non-hydrogen) atoms. The fourth-order valence-corrected chi connectivity index (χ4v) is 2.04. The van der Waals surface area contributed by atoms with Gasteiger partial charge in [-0.05, 0) is 53.1 Å². The Morgan fingerprint density at radius 1 is 1.53 bits per heavy atom. The summed E-state index contributed by atoms with van der Waals surface area (Å²) in [6, 6.07) is 3.68. The molecule has 0 heterocycles. The van der Waals surface area contributed by atoms with E-state index >= 15 is 0 Å². The highest BCUT2D eigenvalue weighted by atomic mass is 127. The summed E-state index contributed by atoms with van der Waals surface area (Å²) in [7, 11) is 0. The topological polar surface area (TPSA) is 55.1 Å². The maximum absolute atomic E-state index is 12.9. The van der Waals surface area contributed by atoms with Crippen molar-refractivity contribution in [2.45, 2.75) is 26.3 Å². The fourth-order valence-electron chi connectivity index (χ4n) is 1.43. The molecule has 1 aromatic carbocycles. The zero-order valence-electron chi connectivity index (χ0n) is 9.84. The predicted octanol–water partition coefficient (Wildman–Crippen LogP) is 2.74. The minimum absolute atomic E-state index is 0.233. The summed E-state index contributed by atoms with van der Waals surface area (Å²) >= 11 is 1.97. The van der Waals surface area contributed by atoms with E-state index in [4.69, 9.17) is 5.73 Å². The molecule has 0 saturated heterocycles. The molecule has 5 heteroatoms. The average Bonchev–Trinajstić information content (AvgIpc) is 2.21. The van der Waals surface area contributed by atoms with Crippen molar-refractivity contribution in [2.75, 3.05) is 5.32 Å². The number of nitrogens with two attached hydrogens (primary N) is 1. The van der Waals surface area contributed by atoms with Crippen LogP contribution in [0.2, 0.25) is 0 Å². The van der Waals surface area contributed by atoms with E-state index in [0.29, 0.717) is 21.6 Å². The van der Waals surface area contributed by atoms with E-state index in [9.17, 15) is 9.18 Å². The summed E-state index contributed by atoms with van der Waals surface area (Å²) in [6.07, 6.45) is 0.629. The van der Waals surface area contributed by atoms with Crippen molar-refractivity contribution in [1.82, 2.24) is 0 Å². The van der Waals surface area contributed by atoms with Gasteiger partial charge in [0, 0.05) is 3.57 Å². The molecule has 1 atom stereocenters. The number of carbonyl (C=O) groups excluding carboxylic acids is 1. The van der Waals surface area contributed by atoms with Crippen LogP contribution in [0, 0.1) is 15.3 Å². The number of anilines is 1. The molecule has 0 bridgehead atoms. The van der Waals surface area contributed by atoms with E-state index in [2.05, 4.69) is 5.32 Å². The van der Waals surface area contributed by atoms with Gasteiger partial charge in [-0.1, -0.05) is 13.8 Å². The highest BCUT2D eigenvalue weighted by Gasteiger charge is 2.16. The lowest BCUT2D eigenvalue weighted by molar-refractivity contribution is -0.117. The van der Waals surface area contributed by atoms with Crippen LogP contribution in [0.25, 0.3) is 0 Å². The lowest BCUT2D eigenvalue weighted by Crippen LogP contribution is -2.36. The SMILES string of the molecule is CC(C)C[C@H](N)C(=O)Nc1ccc(F)cc1I. The van der Waals surface area contributed by atoms with E-state index < -0.39 is 6.04 Å². The average molecular weight is 350 g/mol. The number of hydrogen-bond donors (Lipinski definition) is 2. The van der Waals surface area contributed by atoms with Gasteiger partial charge >= 0.3 is 0 Å². The molecule has 0 aliphatic carbocycles. The molecule has 3 nitrogen and oxygen atoms in total. The largest absolute Gasteiger partial charge is 0.324 e. The second-order valence-corrected chi connectivity index (χ2v) is 5.51. The molecular formula is C12H16FIN2O. The Bertz CT molecular complexity index is 409. The highest BCUT2D eigenvalue weighted by molar-refractivity contribution is 14.1. The van der Waals surface area contributed by atoms with Gasteiger partial charge in [-0.3, -0.25) is 4.79 Å². The maximum atomic E-state index is 12.9. The summed E-state index contributed by atoms with van der Waals surface area (Å²) < 4.78 is 13.5. The van der Waals surface area contributed by atoms with Crippen LogP contribution >= 0.6 is 22.6 Å². The normalized spacial score (nSPS) is 12.6. The van der Waals surface area contributed by atoms with Crippen LogP contribution in [0.5, 0.6) is 0 Å². The molecule has 3 N–H and O–H groups in total. The third kappa shape index (κ3) is 4.59. The molecule has 0 spiro atoms. The molecule has 0 saturated carbocycles. The van der Waals surface area contributed by atoms with E-state index in [1.807, 2.05) is 36.4 Å². The van der Waals surface area contributed by atoms with Crippen LogP contribution in [-0.4, -0.2) is 11.9 Å².